The molecule has 0 aliphatic carbocycles. The number of fused-ring (bicyclic) bond motifs is 1. The lowest BCUT2D eigenvalue weighted by Gasteiger charge is -2.06. The van der Waals surface area contributed by atoms with E-state index in [0.717, 1.165) is 15.3 Å². The molecule has 118 valence electrons. The molecule has 0 aliphatic rings. The van der Waals surface area contributed by atoms with E-state index in [1.165, 1.54) is 18.3 Å². The van der Waals surface area contributed by atoms with Gasteiger partial charge in [-0.1, -0.05) is 0 Å². The Kier molecular flexibility index (Phi) is 4.00. The number of carbonyl (C=O) groups excluding carboxylic acids is 1. The van der Waals surface area contributed by atoms with Crippen LogP contribution in [0.1, 0.15) is 33.5 Å². The maximum atomic E-state index is 12.2. The van der Waals surface area contributed by atoms with Crippen molar-refractivity contribution in [3.05, 3.63) is 56.4 Å². The first-order chi connectivity index (χ1) is 11.0. The van der Waals surface area contributed by atoms with E-state index in [9.17, 15) is 9.59 Å². The molecule has 5 nitrogen and oxygen atoms in total. The van der Waals surface area contributed by atoms with Crippen molar-refractivity contribution in [1.29, 1.82) is 0 Å². The van der Waals surface area contributed by atoms with E-state index in [4.69, 9.17) is 4.74 Å². The number of H-pyrrole nitrogens is 1. The Morgan fingerprint density at radius 3 is 2.61 bits per heavy atom. The number of aromatic nitrogens is 2. The normalized spacial score (nSPS) is 10.9. The van der Waals surface area contributed by atoms with Gasteiger partial charge in [-0.25, -0.2) is 4.98 Å². The second-order valence-corrected chi connectivity index (χ2v) is 6.55. The number of aromatic amines is 1. The highest BCUT2D eigenvalue weighted by Gasteiger charge is 2.12. The highest BCUT2D eigenvalue weighted by atomic mass is 32.1. The third-order valence-electron chi connectivity index (χ3n) is 3.72. The number of nitrogens with one attached hydrogen (secondary N) is 1. The second-order valence-electron chi connectivity index (χ2n) is 5.35. The molecule has 0 saturated carbocycles. The maximum Gasteiger partial charge on any atom is 0.260 e. The molecule has 0 fully saturated rings. The number of benzene rings is 1. The maximum absolute atomic E-state index is 12.2. The number of Topliss-reactive ketones (excluding diaryl/α,β-unsaturated/α-hetero) is 1. The summed E-state index contributed by atoms with van der Waals surface area (Å²) in [7, 11) is 0. The molecule has 0 atom stereocenters. The van der Waals surface area contributed by atoms with Crippen LogP contribution in [-0.4, -0.2) is 15.8 Å². The predicted molar refractivity (Wildman–Crippen MR) is 90.5 cm³/mol. The molecule has 2 heterocycles. The first kappa shape index (κ1) is 15.4. The van der Waals surface area contributed by atoms with Gasteiger partial charge in [0.2, 0.25) is 0 Å². The molecule has 0 amide bonds. The van der Waals surface area contributed by atoms with Gasteiger partial charge >= 0.3 is 0 Å². The number of ether oxygens (including phenoxy) is 1. The fourth-order valence-electron chi connectivity index (χ4n) is 2.31. The van der Waals surface area contributed by atoms with Gasteiger partial charge in [-0.05, 0) is 50.6 Å². The summed E-state index contributed by atoms with van der Waals surface area (Å²) >= 11 is 1.51. The van der Waals surface area contributed by atoms with Gasteiger partial charge < -0.3 is 9.72 Å². The van der Waals surface area contributed by atoms with Gasteiger partial charge in [0.15, 0.2) is 5.78 Å². The summed E-state index contributed by atoms with van der Waals surface area (Å²) in [5.74, 6) is 1.12. The first-order valence-corrected chi connectivity index (χ1v) is 8.00. The number of ketones is 1. The van der Waals surface area contributed by atoms with Gasteiger partial charge in [-0.3, -0.25) is 9.59 Å². The second kappa shape index (κ2) is 5.96. The molecule has 0 saturated heterocycles. The summed E-state index contributed by atoms with van der Waals surface area (Å²) in [4.78, 5) is 32.5. The van der Waals surface area contributed by atoms with Crippen molar-refractivity contribution in [2.45, 2.75) is 27.4 Å². The highest BCUT2D eigenvalue weighted by Crippen LogP contribution is 2.25. The predicted octanol–water partition coefficient (Wildman–Crippen LogP) is 3.38. The van der Waals surface area contributed by atoms with Crippen molar-refractivity contribution >= 4 is 27.3 Å². The van der Waals surface area contributed by atoms with Crippen molar-refractivity contribution in [2.24, 2.45) is 0 Å². The number of thiophene rings is 1. The summed E-state index contributed by atoms with van der Waals surface area (Å²) < 4.78 is 5.63. The lowest BCUT2D eigenvalue weighted by Crippen LogP contribution is -2.13. The van der Waals surface area contributed by atoms with E-state index >= 15 is 0 Å². The van der Waals surface area contributed by atoms with Crippen molar-refractivity contribution in [3.63, 3.8) is 0 Å². The summed E-state index contributed by atoms with van der Waals surface area (Å²) in [6.07, 6.45) is 0. The minimum absolute atomic E-state index is 0.0106. The van der Waals surface area contributed by atoms with E-state index in [1.807, 2.05) is 13.8 Å². The van der Waals surface area contributed by atoms with Crippen molar-refractivity contribution < 1.29 is 9.53 Å². The molecule has 0 radical (unpaired) electrons. The Morgan fingerprint density at radius 2 is 1.96 bits per heavy atom. The van der Waals surface area contributed by atoms with E-state index in [-0.39, 0.29) is 17.9 Å². The molecular weight excluding hydrogens is 312 g/mol. The SMILES string of the molecule is CC(=O)c1ccc(OCc2nc3sc(C)c(C)c3c(=O)[nH]2)cc1. The molecule has 1 N–H and O–H groups in total. The van der Waals surface area contributed by atoms with Crippen LogP contribution in [0, 0.1) is 13.8 Å². The Balaban J connectivity index is 1.82. The van der Waals surface area contributed by atoms with Gasteiger partial charge in [-0.15, -0.1) is 11.3 Å². The molecule has 1 aromatic carbocycles. The first-order valence-electron chi connectivity index (χ1n) is 7.18. The monoisotopic (exact) mass is 328 g/mol. The quantitative estimate of drug-likeness (QED) is 0.745. The molecule has 0 bridgehead atoms. The Morgan fingerprint density at radius 1 is 1.26 bits per heavy atom. The third-order valence-corrected chi connectivity index (χ3v) is 4.83. The van der Waals surface area contributed by atoms with Crippen molar-refractivity contribution in [3.8, 4) is 5.75 Å². The zero-order valence-electron chi connectivity index (χ0n) is 13.1. The van der Waals surface area contributed by atoms with Crippen LogP contribution in [0.15, 0.2) is 29.1 Å². The number of aryl methyl sites for hydroxylation is 2. The average molecular weight is 328 g/mol. The molecular formula is C17H16N2O3S. The van der Waals surface area contributed by atoms with Crippen molar-refractivity contribution in [2.75, 3.05) is 0 Å². The summed E-state index contributed by atoms with van der Waals surface area (Å²) in [5.41, 5.74) is 1.48. The van der Waals surface area contributed by atoms with Crippen LogP contribution in [-0.2, 0) is 6.61 Å². The summed E-state index contributed by atoms with van der Waals surface area (Å²) in [6.45, 7) is 5.59. The smallest absolute Gasteiger partial charge is 0.260 e. The number of nitrogens with zero attached hydrogens (tertiary/aromatic N) is 1. The standard InChI is InChI=1S/C17H16N2O3S/c1-9-11(3)23-17-15(9)16(21)18-14(19-17)8-22-13-6-4-12(5-7-13)10(2)20/h4-7H,8H2,1-3H3,(H,18,19,21). The number of rotatable bonds is 4. The fourth-order valence-corrected chi connectivity index (χ4v) is 3.35. The van der Waals surface area contributed by atoms with Gasteiger partial charge in [0.1, 0.15) is 23.0 Å². The number of hydrogen-bond acceptors (Lipinski definition) is 5. The summed E-state index contributed by atoms with van der Waals surface area (Å²) in [6, 6.07) is 6.88. The average Bonchev–Trinajstić information content (AvgIpc) is 2.80. The van der Waals surface area contributed by atoms with Crippen LogP contribution in [0.3, 0.4) is 0 Å². The molecule has 0 unspecified atom stereocenters. The fraction of sp³-hybridized carbons (Fsp3) is 0.235. The minimum atomic E-state index is -0.137. The topological polar surface area (TPSA) is 72.0 Å². The van der Waals surface area contributed by atoms with Crippen LogP contribution in [0.25, 0.3) is 10.2 Å². The Hall–Kier alpha value is -2.47. The van der Waals surface area contributed by atoms with Gasteiger partial charge in [-0.2, -0.15) is 0 Å². The number of carbonyl (C=O) groups is 1. The molecule has 3 aromatic rings. The van der Waals surface area contributed by atoms with E-state index in [0.29, 0.717) is 22.5 Å². The molecule has 23 heavy (non-hydrogen) atoms. The van der Waals surface area contributed by atoms with Crippen LogP contribution < -0.4 is 10.3 Å². The van der Waals surface area contributed by atoms with Gasteiger partial charge in [0.05, 0.1) is 5.39 Å². The third kappa shape index (κ3) is 3.03. The molecule has 6 heteroatoms. The molecule has 2 aromatic heterocycles. The van der Waals surface area contributed by atoms with Crippen molar-refractivity contribution in [1.82, 2.24) is 9.97 Å². The van der Waals surface area contributed by atoms with E-state index in [2.05, 4.69) is 9.97 Å². The van der Waals surface area contributed by atoms with E-state index in [1.54, 1.807) is 24.3 Å². The number of hydrogen-bond donors (Lipinski definition) is 1. The Labute approximate surface area is 137 Å². The van der Waals surface area contributed by atoms with Gasteiger partial charge in [0.25, 0.3) is 5.56 Å². The lowest BCUT2D eigenvalue weighted by atomic mass is 10.1. The summed E-state index contributed by atoms with van der Waals surface area (Å²) in [5, 5.41) is 0.655. The van der Waals surface area contributed by atoms with Crippen LogP contribution in [0.4, 0.5) is 0 Å². The highest BCUT2D eigenvalue weighted by molar-refractivity contribution is 7.18. The van der Waals surface area contributed by atoms with Gasteiger partial charge in [0, 0.05) is 10.4 Å². The Bertz CT molecular complexity index is 939. The minimum Gasteiger partial charge on any atom is -0.486 e. The zero-order chi connectivity index (χ0) is 16.6. The zero-order valence-corrected chi connectivity index (χ0v) is 13.9. The molecule has 0 aliphatic heterocycles. The molecule has 0 spiro atoms. The molecule has 3 rings (SSSR count). The lowest BCUT2D eigenvalue weighted by molar-refractivity contribution is 0.101. The van der Waals surface area contributed by atoms with Crippen LogP contribution in [0.5, 0.6) is 5.75 Å². The van der Waals surface area contributed by atoms with E-state index < -0.39 is 0 Å². The van der Waals surface area contributed by atoms with Crippen LogP contribution in [0.2, 0.25) is 0 Å². The largest absolute Gasteiger partial charge is 0.486 e. The van der Waals surface area contributed by atoms with Crippen LogP contribution >= 0.6 is 11.3 Å².